The predicted octanol–water partition coefficient (Wildman–Crippen LogP) is 4.53. The average molecular weight is 495 g/mol. The zero-order chi connectivity index (χ0) is 26.1. The van der Waals surface area contributed by atoms with Crippen LogP contribution >= 0.6 is 0 Å². The highest BCUT2D eigenvalue weighted by molar-refractivity contribution is 6.46. The molecule has 0 bridgehead atoms. The Morgan fingerprint density at radius 3 is 2.59 bits per heavy atom. The van der Waals surface area contributed by atoms with Crippen molar-refractivity contribution in [2.45, 2.75) is 26.4 Å². The van der Waals surface area contributed by atoms with Crippen LogP contribution in [-0.4, -0.2) is 42.7 Å². The number of rotatable bonds is 7. The van der Waals surface area contributed by atoms with Crippen LogP contribution in [0.1, 0.15) is 34.1 Å². The van der Waals surface area contributed by atoms with Crippen LogP contribution in [0.4, 0.5) is 0 Å². The second-order valence-electron chi connectivity index (χ2n) is 8.89. The van der Waals surface area contributed by atoms with Crippen molar-refractivity contribution in [1.82, 2.24) is 19.3 Å². The number of benzene rings is 1. The minimum atomic E-state index is -0.820. The lowest BCUT2D eigenvalue weighted by molar-refractivity contribution is -0.140. The van der Waals surface area contributed by atoms with Crippen molar-refractivity contribution in [1.29, 1.82) is 0 Å². The molecule has 1 aliphatic rings. The van der Waals surface area contributed by atoms with E-state index >= 15 is 0 Å². The summed E-state index contributed by atoms with van der Waals surface area (Å²) in [6, 6.07) is 13.7. The SMILES string of the molecule is C=CCOc1ccc(C2/C(=C(\O)c3nc4c(C)cccn4c3C)C(=O)C(=O)N2Cc2cccnc2)cc1. The van der Waals surface area contributed by atoms with Crippen LogP contribution in [0.5, 0.6) is 5.75 Å². The molecule has 1 amide bonds. The van der Waals surface area contributed by atoms with Gasteiger partial charge in [-0.3, -0.25) is 14.6 Å². The summed E-state index contributed by atoms with van der Waals surface area (Å²) in [5.74, 6) is -1.13. The number of fused-ring (bicyclic) bond motifs is 1. The summed E-state index contributed by atoms with van der Waals surface area (Å²) in [4.78, 5) is 36.9. The summed E-state index contributed by atoms with van der Waals surface area (Å²) in [5, 5.41) is 11.5. The van der Waals surface area contributed by atoms with Crippen LogP contribution in [0.15, 0.2) is 85.3 Å². The molecule has 1 atom stereocenters. The van der Waals surface area contributed by atoms with Crippen LogP contribution < -0.4 is 4.74 Å². The zero-order valence-corrected chi connectivity index (χ0v) is 20.6. The molecule has 8 nitrogen and oxygen atoms in total. The highest BCUT2D eigenvalue weighted by Gasteiger charge is 2.46. The maximum Gasteiger partial charge on any atom is 0.295 e. The number of ketones is 1. The number of aliphatic hydroxyl groups is 1. The number of hydrogen-bond donors (Lipinski definition) is 1. The Morgan fingerprint density at radius 1 is 1.14 bits per heavy atom. The van der Waals surface area contributed by atoms with E-state index < -0.39 is 17.7 Å². The van der Waals surface area contributed by atoms with E-state index in [-0.39, 0.29) is 23.6 Å². The summed E-state index contributed by atoms with van der Waals surface area (Å²) >= 11 is 0. The van der Waals surface area contributed by atoms with E-state index in [0.29, 0.717) is 29.3 Å². The molecular weight excluding hydrogens is 468 g/mol. The highest BCUT2D eigenvalue weighted by Crippen LogP contribution is 2.41. The molecule has 0 aliphatic carbocycles. The van der Waals surface area contributed by atoms with E-state index in [0.717, 1.165) is 11.1 Å². The summed E-state index contributed by atoms with van der Waals surface area (Å²) in [6.45, 7) is 7.90. The quantitative estimate of drug-likeness (QED) is 0.175. The summed E-state index contributed by atoms with van der Waals surface area (Å²) in [5.41, 5.74) is 3.96. The number of Topliss-reactive ketones (excluding diaryl/α,β-unsaturated/α-hetero) is 1. The van der Waals surface area contributed by atoms with Gasteiger partial charge in [-0.15, -0.1) is 0 Å². The van der Waals surface area contributed by atoms with Crippen molar-refractivity contribution < 1.29 is 19.4 Å². The minimum absolute atomic E-state index is 0.00203. The standard InChI is InChI=1S/C29H26N4O4/c1-4-15-37-22-11-9-21(10-12-22)25-23(27(35)29(36)33(25)17-20-8-5-13-30-16-20)26(34)24-19(3)32-14-6-7-18(2)28(32)31-24/h4-14,16,25,34H,1,15,17H2,2-3H3/b26-23+. The van der Waals surface area contributed by atoms with Crippen LogP contribution in [0, 0.1) is 13.8 Å². The van der Waals surface area contributed by atoms with Gasteiger partial charge in [-0.1, -0.05) is 36.9 Å². The third kappa shape index (κ3) is 4.27. The molecule has 186 valence electrons. The first-order valence-corrected chi connectivity index (χ1v) is 11.9. The van der Waals surface area contributed by atoms with Gasteiger partial charge in [0.2, 0.25) is 0 Å². The first-order valence-electron chi connectivity index (χ1n) is 11.9. The number of imidazole rings is 1. The van der Waals surface area contributed by atoms with Gasteiger partial charge in [-0.05, 0) is 54.8 Å². The second-order valence-corrected chi connectivity index (χ2v) is 8.89. The topological polar surface area (TPSA) is 97.0 Å². The van der Waals surface area contributed by atoms with Crippen molar-refractivity contribution in [3.63, 3.8) is 0 Å². The van der Waals surface area contributed by atoms with Gasteiger partial charge in [-0.2, -0.15) is 0 Å². The molecule has 1 aliphatic heterocycles. The van der Waals surface area contributed by atoms with E-state index in [1.165, 1.54) is 4.90 Å². The van der Waals surface area contributed by atoms with Crippen molar-refractivity contribution in [2.24, 2.45) is 0 Å². The molecule has 1 fully saturated rings. The Hall–Kier alpha value is -4.72. The normalized spacial score (nSPS) is 16.9. The molecule has 8 heteroatoms. The first kappa shape index (κ1) is 24.0. The van der Waals surface area contributed by atoms with Crippen LogP contribution in [0.3, 0.4) is 0 Å². The third-order valence-corrected chi connectivity index (χ3v) is 6.49. The summed E-state index contributed by atoms with van der Waals surface area (Å²) < 4.78 is 7.45. The molecule has 3 aromatic heterocycles. The molecule has 1 saturated heterocycles. The minimum Gasteiger partial charge on any atom is -0.505 e. The summed E-state index contributed by atoms with van der Waals surface area (Å²) in [7, 11) is 0. The van der Waals surface area contributed by atoms with Crippen molar-refractivity contribution >= 4 is 23.1 Å². The van der Waals surface area contributed by atoms with Crippen molar-refractivity contribution in [2.75, 3.05) is 6.61 Å². The number of aliphatic hydroxyl groups excluding tert-OH is 1. The Labute approximate surface area is 214 Å². The number of carbonyl (C=O) groups is 2. The van der Waals surface area contributed by atoms with E-state index in [4.69, 9.17) is 4.74 Å². The molecule has 4 aromatic rings. The molecule has 1 unspecified atom stereocenters. The number of nitrogens with zero attached hydrogens (tertiary/aromatic N) is 4. The Morgan fingerprint density at radius 2 is 1.92 bits per heavy atom. The molecule has 0 spiro atoms. The maximum atomic E-state index is 13.4. The maximum absolute atomic E-state index is 13.4. The van der Waals surface area contributed by atoms with E-state index in [1.807, 2.05) is 42.6 Å². The van der Waals surface area contributed by atoms with Gasteiger partial charge in [0.05, 0.1) is 17.3 Å². The number of aryl methyl sites for hydroxylation is 2. The van der Waals surface area contributed by atoms with Crippen LogP contribution in [-0.2, 0) is 16.1 Å². The van der Waals surface area contributed by atoms with E-state index in [2.05, 4.69) is 16.5 Å². The number of carbonyl (C=O) groups excluding carboxylic acids is 2. The van der Waals surface area contributed by atoms with Gasteiger partial charge in [0.25, 0.3) is 11.7 Å². The number of aromatic nitrogens is 3. The molecular formula is C29H26N4O4. The molecule has 1 N–H and O–H groups in total. The van der Waals surface area contributed by atoms with E-state index in [9.17, 15) is 14.7 Å². The fraction of sp³-hybridized carbons (Fsp3) is 0.172. The largest absolute Gasteiger partial charge is 0.505 e. The van der Waals surface area contributed by atoms with Crippen molar-refractivity contribution in [3.8, 4) is 5.75 Å². The highest BCUT2D eigenvalue weighted by atomic mass is 16.5. The lowest BCUT2D eigenvalue weighted by Crippen LogP contribution is -2.29. The monoisotopic (exact) mass is 494 g/mol. The molecule has 0 saturated carbocycles. The zero-order valence-electron chi connectivity index (χ0n) is 20.6. The van der Waals surface area contributed by atoms with Crippen LogP contribution in [0.2, 0.25) is 0 Å². The van der Waals surface area contributed by atoms with Gasteiger partial charge < -0.3 is 19.1 Å². The van der Waals surface area contributed by atoms with Gasteiger partial charge in [-0.25, -0.2) is 4.98 Å². The van der Waals surface area contributed by atoms with Crippen molar-refractivity contribution in [3.05, 3.63) is 113 Å². The average Bonchev–Trinajstić information content (AvgIpc) is 3.38. The number of pyridine rings is 2. The molecule has 1 aromatic carbocycles. The van der Waals surface area contributed by atoms with Gasteiger partial charge in [0.1, 0.15) is 23.7 Å². The Bertz CT molecular complexity index is 1540. The number of likely N-dealkylation sites (tertiary alicyclic amines) is 1. The lowest BCUT2D eigenvalue weighted by Gasteiger charge is -2.25. The Kier molecular flexibility index (Phi) is 6.31. The van der Waals surface area contributed by atoms with Crippen LogP contribution in [0.25, 0.3) is 11.4 Å². The van der Waals surface area contributed by atoms with Gasteiger partial charge in [0.15, 0.2) is 5.76 Å². The molecule has 37 heavy (non-hydrogen) atoms. The predicted molar refractivity (Wildman–Crippen MR) is 139 cm³/mol. The summed E-state index contributed by atoms with van der Waals surface area (Å²) in [6.07, 6.45) is 6.79. The first-order chi connectivity index (χ1) is 17.9. The fourth-order valence-electron chi connectivity index (χ4n) is 4.65. The molecule has 0 radical (unpaired) electrons. The van der Waals surface area contributed by atoms with Gasteiger partial charge in [0, 0.05) is 25.1 Å². The fourth-order valence-corrected chi connectivity index (χ4v) is 4.65. The smallest absolute Gasteiger partial charge is 0.295 e. The molecule has 5 rings (SSSR count). The number of amides is 1. The third-order valence-electron chi connectivity index (χ3n) is 6.49. The second kappa shape index (κ2) is 9.73. The Balaban J connectivity index is 1.66. The number of hydrogen-bond acceptors (Lipinski definition) is 6. The lowest BCUT2D eigenvalue weighted by atomic mass is 9.96. The van der Waals surface area contributed by atoms with E-state index in [1.54, 1.807) is 48.8 Å². The molecule has 4 heterocycles. The van der Waals surface area contributed by atoms with Gasteiger partial charge >= 0.3 is 0 Å². The number of ether oxygens (including phenoxy) is 1.